The number of halogens is 2. The molecule has 21 heavy (non-hydrogen) atoms. The Balaban J connectivity index is 0.00000200. The summed E-state index contributed by atoms with van der Waals surface area (Å²) in [6.45, 7) is 6.61. The summed E-state index contributed by atoms with van der Waals surface area (Å²) in [7, 11) is 0. The summed E-state index contributed by atoms with van der Waals surface area (Å²) in [6.07, 6.45) is 4.99. The van der Waals surface area contributed by atoms with E-state index in [0.29, 0.717) is 0 Å². The largest absolute Gasteiger partial charge is 0.353 e. The smallest absolute Gasteiger partial charge is 0.239 e. The Morgan fingerprint density at radius 1 is 1.24 bits per heavy atom. The molecule has 7 heteroatoms. The molecule has 0 unspecified atom stereocenters. The van der Waals surface area contributed by atoms with Crippen LogP contribution in [0.15, 0.2) is 0 Å². The van der Waals surface area contributed by atoms with Gasteiger partial charge in [0.1, 0.15) is 0 Å². The Hall–Kier alpha value is 0.320. The van der Waals surface area contributed by atoms with E-state index in [0.717, 1.165) is 19.6 Å². The molecule has 3 N–H and O–H groups in total. The van der Waals surface area contributed by atoms with Crippen molar-refractivity contribution in [1.82, 2.24) is 10.2 Å². The van der Waals surface area contributed by atoms with Crippen molar-refractivity contribution in [2.45, 2.75) is 50.6 Å². The minimum Gasteiger partial charge on any atom is -0.353 e. The average Bonchev–Trinajstić information content (AvgIpc) is 2.86. The van der Waals surface area contributed by atoms with E-state index < -0.39 is 5.54 Å². The summed E-state index contributed by atoms with van der Waals surface area (Å²) in [5.74, 6) is 2.40. The summed E-state index contributed by atoms with van der Waals surface area (Å²) in [5.41, 5.74) is 5.27. The van der Waals surface area contributed by atoms with E-state index in [1.54, 1.807) is 13.8 Å². The molecule has 0 atom stereocenters. The van der Waals surface area contributed by atoms with Crippen LogP contribution in [0.25, 0.3) is 0 Å². The zero-order chi connectivity index (χ0) is 13.9. The fourth-order valence-corrected chi connectivity index (χ4v) is 4.05. The maximum atomic E-state index is 12.0. The van der Waals surface area contributed by atoms with Gasteiger partial charge in [-0.2, -0.15) is 11.8 Å². The second-order valence-corrected chi connectivity index (χ2v) is 7.66. The van der Waals surface area contributed by atoms with E-state index in [-0.39, 0.29) is 36.3 Å². The number of nitrogens with one attached hydrogen (secondary N) is 1. The first kappa shape index (κ1) is 21.3. The number of nitrogens with two attached hydrogens (primary N) is 1. The number of amides is 1. The molecule has 2 rings (SSSR count). The molecule has 2 fully saturated rings. The molecule has 1 amide bonds. The van der Waals surface area contributed by atoms with E-state index >= 15 is 0 Å². The molecule has 0 radical (unpaired) electrons. The number of carbonyl (C=O) groups excluding carboxylic acids is 1. The van der Waals surface area contributed by atoms with Crippen molar-refractivity contribution in [2.24, 2.45) is 5.73 Å². The molecule has 0 spiro atoms. The summed E-state index contributed by atoms with van der Waals surface area (Å²) in [4.78, 5) is 14.6. The molecule has 4 nitrogen and oxygen atoms in total. The third kappa shape index (κ3) is 5.47. The molecule has 0 bridgehead atoms. The normalized spacial score (nSPS) is 22.0. The molecular weight excluding hydrogens is 329 g/mol. The van der Waals surface area contributed by atoms with Gasteiger partial charge in [0.2, 0.25) is 5.91 Å². The van der Waals surface area contributed by atoms with Crippen molar-refractivity contribution in [3.63, 3.8) is 0 Å². The average molecular weight is 358 g/mol. The van der Waals surface area contributed by atoms with Crippen molar-refractivity contribution in [3.05, 3.63) is 0 Å². The highest BCUT2D eigenvalue weighted by Gasteiger charge is 2.40. The third-order valence-electron chi connectivity index (χ3n) is 4.38. The first-order valence-corrected chi connectivity index (χ1v) is 8.50. The van der Waals surface area contributed by atoms with Crippen molar-refractivity contribution in [3.8, 4) is 0 Å². The SMILES string of the molecule is CC(C)(N)C(=O)NCC1(N2CCSCC2)CCCC1.Cl.Cl. The quantitative estimate of drug-likeness (QED) is 0.808. The molecule has 2 aliphatic rings. The minimum absolute atomic E-state index is 0. The number of hydrogen-bond acceptors (Lipinski definition) is 4. The lowest BCUT2D eigenvalue weighted by molar-refractivity contribution is -0.125. The van der Waals surface area contributed by atoms with Gasteiger partial charge >= 0.3 is 0 Å². The molecule has 1 aliphatic carbocycles. The minimum atomic E-state index is -0.780. The van der Waals surface area contributed by atoms with Crippen LogP contribution in [0.2, 0.25) is 0 Å². The van der Waals surface area contributed by atoms with Gasteiger partial charge in [-0.3, -0.25) is 9.69 Å². The number of carbonyl (C=O) groups is 1. The van der Waals surface area contributed by atoms with Crippen molar-refractivity contribution in [1.29, 1.82) is 0 Å². The molecule has 126 valence electrons. The van der Waals surface area contributed by atoms with Gasteiger partial charge in [0.15, 0.2) is 0 Å². The lowest BCUT2D eigenvalue weighted by Crippen LogP contribution is -2.59. The monoisotopic (exact) mass is 357 g/mol. The van der Waals surface area contributed by atoms with Gasteiger partial charge in [-0.05, 0) is 26.7 Å². The topological polar surface area (TPSA) is 58.4 Å². The van der Waals surface area contributed by atoms with Gasteiger partial charge in [0, 0.05) is 36.7 Å². The molecule has 1 heterocycles. The van der Waals surface area contributed by atoms with Gasteiger partial charge in [-0.25, -0.2) is 0 Å². The molecule has 1 saturated heterocycles. The molecule has 0 aromatic rings. The predicted octanol–water partition coefficient (Wildman–Crippen LogP) is 2.05. The zero-order valence-corrected chi connectivity index (χ0v) is 15.5. The first-order chi connectivity index (χ1) is 8.94. The summed E-state index contributed by atoms with van der Waals surface area (Å²) >= 11 is 2.04. The summed E-state index contributed by atoms with van der Waals surface area (Å²) in [5, 5.41) is 3.09. The van der Waals surface area contributed by atoms with Gasteiger partial charge in [-0.15, -0.1) is 24.8 Å². The highest BCUT2D eigenvalue weighted by molar-refractivity contribution is 7.99. The van der Waals surface area contributed by atoms with Gasteiger partial charge in [-0.1, -0.05) is 12.8 Å². The van der Waals surface area contributed by atoms with E-state index in [1.165, 1.54) is 37.2 Å². The Kier molecular flexibility index (Phi) is 8.96. The van der Waals surface area contributed by atoms with Crippen LogP contribution >= 0.6 is 36.6 Å². The third-order valence-corrected chi connectivity index (χ3v) is 5.32. The van der Waals surface area contributed by atoms with Gasteiger partial charge in [0.05, 0.1) is 5.54 Å². The van der Waals surface area contributed by atoms with Crippen LogP contribution in [0, 0.1) is 0 Å². The van der Waals surface area contributed by atoms with Crippen molar-refractivity contribution < 1.29 is 4.79 Å². The van der Waals surface area contributed by atoms with Gasteiger partial charge < -0.3 is 11.1 Å². The van der Waals surface area contributed by atoms with Crippen LogP contribution in [-0.2, 0) is 4.79 Å². The lowest BCUT2D eigenvalue weighted by Gasteiger charge is -2.43. The Morgan fingerprint density at radius 3 is 2.24 bits per heavy atom. The molecule has 1 saturated carbocycles. The van der Waals surface area contributed by atoms with Crippen LogP contribution in [0.4, 0.5) is 0 Å². The van der Waals surface area contributed by atoms with Crippen LogP contribution in [-0.4, -0.2) is 53.0 Å². The Morgan fingerprint density at radius 2 is 1.76 bits per heavy atom. The zero-order valence-electron chi connectivity index (χ0n) is 13.0. The van der Waals surface area contributed by atoms with Crippen LogP contribution in [0.1, 0.15) is 39.5 Å². The van der Waals surface area contributed by atoms with Crippen molar-refractivity contribution >= 4 is 42.5 Å². The van der Waals surface area contributed by atoms with Crippen LogP contribution in [0.3, 0.4) is 0 Å². The summed E-state index contributed by atoms with van der Waals surface area (Å²) < 4.78 is 0. The lowest BCUT2D eigenvalue weighted by atomic mass is 9.94. The molecule has 0 aromatic heterocycles. The van der Waals surface area contributed by atoms with Gasteiger partial charge in [0.25, 0.3) is 0 Å². The predicted molar refractivity (Wildman–Crippen MR) is 95.9 cm³/mol. The molecule has 1 aliphatic heterocycles. The molecule has 0 aromatic carbocycles. The highest BCUT2D eigenvalue weighted by Crippen LogP contribution is 2.36. The van der Waals surface area contributed by atoms with E-state index in [4.69, 9.17) is 5.73 Å². The second-order valence-electron chi connectivity index (χ2n) is 6.44. The fourth-order valence-electron chi connectivity index (χ4n) is 3.15. The maximum Gasteiger partial charge on any atom is 0.239 e. The van der Waals surface area contributed by atoms with E-state index in [1.807, 2.05) is 11.8 Å². The highest BCUT2D eigenvalue weighted by atomic mass is 35.5. The number of hydrogen-bond donors (Lipinski definition) is 2. The summed E-state index contributed by atoms with van der Waals surface area (Å²) in [6, 6.07) is 0. The van der Waals surface area contributed by atoms with E-state index in [2.05, 4.69) is 10.2 Å². The van der Waals surface area contributed by atoms with Crippen molar-refractivity contribution in [2.75, 3.05) is 31.1 Å². The second kappa shape index (κ2) is 8.82. The first-order valence-electron chi connectivity index (χ1n) is 7.34. The number of thioether (sulfide) groups is 1. The number of rotatable bonds is 4. The Bertz CT molecular complexity index is 325. The standard InChI is InChI=1S/C14H27N3OS.2ClH/c1-13(2,15)12(18)16-11-14(5-3-4-6-14)17-7-9-19-10-8-17;;/h3-11,15H2,1-2H3,(H,16,18);2*1H. The molecular formula is C14H29Cl2N3OS. The fraction of sp³-hybridized carbons (Fsp3) is 0.929. The van der Waals surface area contributed by atoms with E-state index in [9.17, 15) is 4.79 Å². The number of nitrogens with zero attached hydrogens (tertiary/aromatic N) is 1. The maximum absolute atomic E-state index is 12.0. The van der Waals surface area contributed by atoms with Crippen LogP contribution < -0.4 is 11.1 Å². The Labute approximate surface area is 145 Å². The van der Waals surface area contributed by atoms with Crippen LogP contribution in [0.5, 0.6) is 0 Å².